The molecule has 0 aliphatic carbocycles. The van der Waals surface area contributed by atoms with Crippen molar-refractivity contribution in [2.24, 2.45) is 0 Å². The lowest BCUT2D eigenvalue weighted by Gasteiger charge is -2.32. The first-order valence-corrected chi connectivity index (χ1v) is 8.48. The minimum absolute atomic E-state index is 0.0447. The molecule has 3 rings (SSSR count). The molecular formula is C20H19N3O4. The van der Waals surface area contributed by atoms with E-state index in [-0.39, 0.29) is 23.9 Å². The van der Waals surface area contributed by atoms with Crippen LogP contribution in [0.3, 0.4) is 0 Å². The van der Waals surface area contributed by atoms with Crippen LogP contribution >= 0.6 is 0 Å². The molecular weight excluding hydrogens is 346 g/mol. The zero-order valence-corrected chi connectivity index (χ0v) is 15.0. The first kappa shape index (κ1) is 18.3. The van der Waals surface area contributed by atoms with Crippen LogP contribution in [0.4, 0.5) is 11.4 Å². The highest BCUT2D eigenvalue weighted by molar-refractivity contribution is 5.93. The van der Waals surface area contributed by atoms with E-state index in [0.717, 1.165) is 11.1 Å². The lowest BCUT2D eigenvalue weighted by Crippen LogP contribution is -2.33. The topological polar surface area (TPSA) is 92.6 Å². The number of hydrogen-bond donors (Lipinski definition) is 1. The van der Waals surface area contributed by atoms with Gasteiger partial charge in [0.05, 0.1) is 28.6 Å². The Hall–Kier alpha value is -3.48. The lowest BCUT2D eigenvalue weighted by molar-refractivity contribution is -0.385. The number of benzene rings is 2. The number of hydrogen-bond acceptors (Lipinski definition) is 4. The summed E-state index contributed by atoms with van der Waals surface area (Å²) in [7, 11) is 0. The van der Waals surface area contributed by atoms with Crippen LogP contribution in [0.1, 0.15) is 36.1 Å². The fraction of sp³-hybridized carbons (Fsp3) is 0.200. The summed E-state index contributed by atoms with van der Waals surface area (Å²) in [6.45, 7) is 3.04. The minimum atomic E-state index is -0.481. The van der Waals surface area contributed by atoms with Crippen molar-refractivity contribution in [3.63, 3.8) is 0 Å². The number of nitrogens with one attached hydrogen (secondary N) is 1. The van der Waals surface area contributed by atoms with E-state index in [9.17, 15) is 19.7 Å². The number of fused-ring (bicyclic) bond motifs is 1. The molecule has 0 spiro atoms. The number of nitro groups is 1. The standard InChI is InChI=1S/C20H19N3O4/c1-13-17(8-5-9-18(13)23(26)27)21-20(25)12-19-16-7-4-3-6-15(16)10-11-22(19)14(2)24/h3-11,19H,12H2,1-2H3,(H,21,25)/t19-/m0/s1. The molecule has 0 unspecified atom stereocenters. The van der Waals surface area contributed by atoms with Crippen molar-refractivity contribution in [3.8, 4) is 0 Å². The molecule has 0 bridgehead atoms. The molecule has 0 saturated heterocycles. The van der Waals surface area contributed by atoms with Gasteiger partial charge >= 0.3 is 0 Å². The number of amides is 2. The van der Waals surface area contributed by atoms with E-state index < -0.39 is 11.0 Å². The van der Waals surface area contributed by atoms with Crippen LogP contribution in [-0.2, 0) is 9.59 Å². The summed E-state index contributed by atoms with van der Waals surface area (Å²) in [6.07, 6.45) is 3.57. The normalized spacial score (nSPS) is 15.2. The molecule has 7 nitrogen and oxygen atoms in total. The molecule has 2 aromatic rings. The van der Waals surface area contributed by atoms with Crippen LogP contribution in [0.15, 0.2) is 48.7 Å². The van der Waals surface area contributed by atoms with Crippen molar-refractivity contribution in [1.29, 1.82) is 0 Å². The summed E-state index contributed by atoms with van der Waals surface area (Å²) < 4.78 is 0. The van der Waals surface area contributed by atoms with E-state index in [1.165, 1.54) is 24.0 Å². The number of carbonyl (C=O) groups excluding carboxylic acids is 2. The molecule has 1 aliphatic heterocycles. The molecule has 0 fully saturated rings. The molecule has 0 radical (unpaired) electrons. The Morgan fingerprint density at radius 1 is 1.19 bits per heavy atom. The first-order valence-electron chi connectivity index (χ1n) is 8.48. The Labute approximate surface area is 156 Å². The van der Waals surface area contributed by atoms with Crippen molar-refractivity contribution in [2.45, 2.75) is 26.3 Å². The Kier molecular flexibility index (Phi) is 5.03. The van der Waals surface area contributed by atoms with Gasteiger partial charge in [-0.05, 0) is 30.2 Å². The molecule has 1 aliphatic rings. The van der Waals surface area contributed by atoms with Gasteiger partial charge in [0, 0.05) is 19.2 Å². The molecule has 7 heteroatoms. The second-order valence-electron chi connectivity index (χ2n) is 6.35. The lowest BCUT2D eigenvalue weighted by atomic mass is 9.93. The van der Waals surface area contributed by atoms with Gasteiger partial charge < -0.3 is 10.2 Å². The summed E-state index contributed by atoms with van der Waals surface area (Å²) in [5.74, 6) is -0.481. The van der Waals surface area contributed by atoms with Gasteiger partial charge in [0.1, 0.15) is 0 Å². The van der Waals surface area contributed by atoms with E-state index in [4.69, 9.17) is 0 Å². The van der Waals surface area contributed by atoms with Gasteiger partial charge in [-0.3, -0.25) is 19.7 Å². The molecule has 2 amide bonds. The number of rotatable bonds is 4. The third-order valence-electron chi connectivity index (χ3n) is 4.62. The summed E-state index contributed by atoms with van der Waals surface area (Å²) in [5, 5.41) is 13.8. The summed E-state index contributed by atoms with van der Waals surface area (Å²) in [5.41, 5.74) is 2.58. The van der Waals surface area contributed by atoms with Crippen molar-refractivity contribution in [2.75, 3.05) is 5.32 Å². The van der Waals surface area contributed by atoms with Crippen molar-refractivity contribution in [1.82, 2.24) is 4.90 Å². The van der Waals surface area contributed by atoms with Gasteiger partial charge in [-0.1, -0.05) is 30.3 Å². The number of carbonyl (C=O) groups is 2. The zero-order chi connectivity index (χ0) is 19.6. The summed E-state index contributed by atoms with van der Waals surface area (Å²) in [6, 6.07) is 11.7. The predicted octanol–water partition coefficient (Wildman–Crippen LogP) is 3.81. The number of anilines is 1. The molecule has 0 aromatic heterocycles. The maximum Gasteiger partial charge on any atom is 0.274 e. The number of nitrogens with zero attached hydrogens (tertiary/aromatic N) is 2. The minimum Gasteiger partial charge on any atom is -0.326 e. The van der Waals surface area contributed by atoms with Crippen molar-refractivity contribution in [3.05, 3.63) is 75.5 Å². The van der Waals surface area contributed by atoms with Crippen LogP contribution in [0.5, 0.6) is 0 Å². The predicted molar refractivity (Wildman–Crippen MR) is 102 cm³/mol. The van der Waals surface area contributed by atoms with Gasteiger partial charge in [-0.15, -0.1) is 0 Å². The fourth-order valence-corrected chi connectivity index (χ4v) is 3.25. The Balaban J connectivity index is 1.84. The largest absolute Gasteiger partial charge is 0.326 e. The van der Waals surface area contributed by atoms with Gasteiger partial charge in [0.25, 0.3) is 5.69 Å². The Bertz CT molecular complexity index is 952. The van der Waals surface area contributed by atoms with E-state index in [0.29, 0.717) is 11.3 Å². The van der Waals surface area contributed by atoms with Crippen LogP contribution in [0.2, 0.25) is 0 Å². The molecule has 1 atom stereocenters. The zero-order valence-electron chi connectivity index (χ0n) is 15.0. The Morgan fingerprint density at radius 3 is 2.63 bits per heavy atom. The maximum absolute atomic E-state index is 12.6. The summed E-state index contributed by atoms with van der Waals surface area (Å²) >= 11 is 0. The first-order chi connectivity index (χ1) is 12.9. The third-order valence-corrected chi connectivity index (χ3v) is 4.62. The van der Waals surface area contributed by atoms with Gasteiger partial charge in [0.15, 0.2) is 0 Å². The second kappa shape index (κ2) is 7.41. The van der Waals surface area contributed by atoms with Gasteiger partial charge in [-0.25, -0.2) is 0 Å². The van der Waals surface area contributed by atoms with E-state index >= 15 is 0 Å². The van der Waals surface area contributed by atoms with E-state index in [1.54, 1.807) is 19.2 Å². The van der Waals surface area contributed by atoms with Gasteiger partial charge in [0.2, 0.25) is 11.8 Å². The van der Waals surface area contributed by atoms with E-state index in [2.05, 4.69) is 5.32 Å². The fourth-order valence-electron chi connectivity index (χ4n) is 3.25. The van der Waals surface area contributed by atoms with Gasteiger partial charge in [-0.2, -0.15) is 0 Å². The smallest absolute Gasteiger partial charge is 0.274 e. The second-order valence-corrected chi connectivity index (χ2v) is 6.35. The van der Waals surface area contributed by atoms with Crippen LogP contribution in [-0.4, -0.2) is 21.6 Å². The van der Waals surface area contributed by atoms with Crippen LogP contribution in [0.25, 0.3) is 6.08 Å². The highest BCUT2D eigenvalue weighted by atomic mass is 16.6. The molecule has 1 heterocycles. The molecule has 0 saturated carbocycles. The quantitative estimate of drug-likeness (QED) is 0.659. The summed E-state index contributed by atoms with van der Waals surface area (Å²) in [4.78, 5) is 36.8. The molecule has 1 N–H and O–H groups in total. The number of nitro benzene ring substituents is 1. The SMILES string of the molecule is CC(=O)N1C=Cc2ccccc2[C@@H]1CC(=O)Nc1cccc([N+](=O)[O-])c1C. The third kappa shape index (κ3) is 3.72. The van der Waals surface area contributed by atoms with Crippen molar-refractivity contribution < 1.29 is 14.5 Å². The molecule has 138 valence electrons. The average Bonchev–Trinajstić information content (AvgIpc) is 2.63. The van der Waals surface area contributed by atoms with Crippen LogP contribution in [0, 0.1) is 17.0 Å². The highest BCUT2D eigenvalue weighted by Crippen LogP contribution is 2.33. The van der Waals surface area contributed by atoms with E-state index in [1.807, 2.05) is 30.3 Å². The molecule has 2 aromatic carbocycles. The van der Waals surface area contributed by atoms with Crippen LogP contribution < -0.4 is 5.32 Å². The average molecular weight is 365 g/mol. The molecule has 27 heavy (non-hydrogen) atoms. The van der Waals surface area contributed by atoms with Crippen molar-refractivity contribution >= 4 is 29.3 Å². The highest BCUT2D eigenvalue weighted by Gasteiger charge is 2.28. The maximum atomic E-state index is 12.6. The Morgan fingerprint density at radius 2 is 1.93 bits per heavy atom. The monoisotopic (exact) mass is 365 g/mol.